The van der Waals surface area contributed by atoms with Gasteiger partial charge >= 0.3 is 0 Å². The molecule has 0 bridgehead atoms. The maximum Gasteiger partial charge on any atom is 0.247 e. The number of nitrogens with zero attached hydrogens (tertiary/aromatic N) is 1. The van der Waals surface area contributed by atoms with E-state index in [-0.39, 0.29) is 5.91 Å². The number of likely N-dealkylation sites (tertiary alicyclic amines) is 1. The van der Waals surface area contributed by atoms with Crippen LogP contribution in [0.2, 0.25) is 0 Å². The van der Waals surface area contributed by atoms with Crippen LogP contribution in [0.25, 0.3) is 0 Å². The molecule has 0 aromatic rings. The van der Waals surface area contributed by atoms with Gasteiger partial charge in [0.25, 0.3) is 0 Å². The number of carbonyl (C=O) groups excluding carboxylic acids is 1. The Labute approximate surface area is 97.2 Å². The standard InChI is InChI=1S/C13H20N2O/c1-3-4-5-6-13(16)15-10(2)7-11-8-14-9-12(11)15/h3-6,10-12,14H,7-9H2,1-2H3/b4-3+,6-5+. The zero-order valence-corrected chi connectivity index (χ0v) is 10.0. The number of hydrogen-bond acceptors (Lipinski definition) is 2. The predicted octanol–water partition coefficient (Wildman–Crippen LogP) is 1.33. The van der Waals surface area contributed by atoms with Crippen molar-refractivity contribution < 1.29 is 4.79 Å². The van der Waals surface area contributed by atoms with E-state index >= 15 is 0 Å². The van der Waals surface area contributed by atoms with Gasteiger partial charge in [-0.25, -0.2) is 0 Å². The highest BCUT2D eigenvalue weighted by atomic mass is 16.2. The van der Waals surface area contributed by atoms with E-state index in [4.69, 9.17) is 0 Å². The second-order valence-corrected chi connectivity index (χ2v) is 4.70. The molecule has 1 N–H and O–H groups in total. The van der Waals surface area contributed by atoms with E-state index in [1.165, 1.54) is 0 Å². The fourth-order valence-electron chi connectivity index (χ4n) is 2.88. The SMILES string of the molecule is C/C=C/C=C/C(=O)N1C(C)CC2CNCC21. The third-order valence-electron chi connectivity index (χ3n) is 3.58. The van der Waals surface area contributed by atoms with Crippen LogP contribution in [0.15, 0.2) is 24.3 Å². The van der Waals surface area contributed by atoms with Gasteiger partial charge in [-0.15, -0.1) is 0 Å². The van der Waals surface area contributed by atoms with Crippen LogP contribution in [-0.4, -0.2) is 36.0 Å². The Bertz CT molecular complexity index is 322. The summed E-state index contributed by atoms with van der Waals surface area (Å²) in [5.41, 5.74) is 0. The quantitative estimate of drug-likeness (QED) is 0.562. The molecule has 1 amide bonds. The molecular formula is C13H20N2O. The second kappa shape index (κ2) is 4.83. The van der Waals surface area contributed by atoms with Gasteiger partial charge < -0.3 is 10.2 Å². The fraction of sp³-hybridized carbons (Fsp3) is 0.615. The minimum absolute atomic E-state index is 0.154. The van der Waals surface area contributed by atoms with Crippen LogP contribution in [-0.2, 0) is 4.79 Å². The van der Waals surface area contributed by atoms with E-state index in [2.05, 4.69) is 12.2 Å². The lowest BCUT2D eigenvalue weighted by Gasteiger charge is -2.26. The summed E-state index contributed by atoms with van der Waals surface area (Å²) in [6, 6.07) is 0.803. The Morgan fingerprint density at radius 1 is 1.38 bits per heavy atom. The van der Waals surface area contributed by atoms with Crippen LogP contribution < -0.4 is 5.32 Å². The number of nitrogens with one attached hydrogen (secondary N) is 1. The van der Waals surface area contributed by atoms with E-state index in [0.29, 0.717) is 18.0 Å². The molecule has 16 heavy (non-hydrogen) atoms. The summed E-state index contributed by atoms with van der Waals surface area (Å²) >= 11 is 0. The van der Waals surface area contributed by atoms with Crippen molar-refractivity contribution in [2.45, 2.75) is 32.4 Å². The number of fused-ring (bicyclic) bond motifs is 1. The van der Waals surface area contributed by atoms with Crippen molar-refractivity contribution in [1.29, 1.82) is 0 Å². The lowest BCUT2D eigenvalue weighted by molar-refractivity contribution is -0.128. The molecule has 88 valence electrons. The van der Waals surface area contributed by atoms with Gasteiger partial charge in [0.05, 0.1) is 0 Å². The summed E-state index contributed by atoms with van der Waals surface area (Å²) in [5.74, 6) is 0.816. The number of carbonyl (C=O) groups is 1. The first-order chi connectivity index (χ1) is 7.74. The molecule has 2 aliphatic rings. The first-order valence-electron chi connectivity index (χ1n) is 6.06. The molecule has 2 aliphatic heterocycles. The zero-order chi connectivity index (χ0) is 11.5. The van der Waals surface area contributed by atoms with Crippen molar-refractivity contribution >= 4 is 5.91 Å². The topological polar surface area (TPSA) is 32.3 Å². The second-order valence-electron chi connectivity index (χ2n) is 4.70. The Balaban J connectivity index is 2.04. The van der Waals surface area contributed by atoms with Crippen LogP contribution in [0.3, 0.4) is 0 Å². The lowest BCUT2D eigenvalue weighted by Crippen LogP contribution is -2.41. The molecule has 0 aromatic carbocycles. The number of allylic oxidation sites excluding steroid dienone is 3. The normalized spacial score (nSPS) is 34.1. The molecule has 0 aromatic heterocycles. The summed E-state index contributed by atoms with van der Waals surface area (Å²) in [4.78, 5) is 14.1. The molecule has 3 atom stereocenters. The molecule has 2 heterocycles. The molecule has 2 rings (SSSR count). The smallest absolute Gasteiger partial charge is 0.247 e. The van der Waals surface area contributed by atoms with Gasteiger partial charge in [0, 0.05) is 31.2 Å². The summed E-state index contributed by atoms with van der Waals surface area (Å²) in [6.07, 6.45) is 8.46. The van der Waals surface area contributed by atoms with Gasteiger partial charge in [-0.3, -0.25) is 4.79 Å². The first kappa shape index (κ1) is 11.4. The molecule has 2 saturated heterocycles. The van der Waals surface area contributed by atoms with E-state index in [0.717, 1.165) is 19.5 Å². The van der Waals surface area contributed by atoms with Gasteiger partial charge in [0.2, 0.25) is 5.91 Å². The molecule has 3 nitrogen and oxygen atoms in total. The summed E-state index contributed by atoms with van der Waals surface area (Å²) in [5, 5.41) is 3.36. The van der Waals surface area contributed by atoms with Crippen LogP contribution in [0.1, 0.15) is 20.3 Å². The van der Waals surface area contributed by atoms with Crippen LogP contribution in [0, 0.1) is 5.92 Å². The van der Waals surface area contributed by atoms with E-state index < -0.39 is 0 Å². The van der Waals surface area contributed by atoms with Crippen molar-refractivity contribution in [3.8, 4) is 0 Å². The molecular weight excluding hydrogens is 200 g/mol. The molecule has 2 fully saturated rings. The van der Waals surface area contributed by atoms with Crippen LogP contribution in [0.4, 0.5) is 0 Å². The van der Waals surface area contributed by atoms with Crippen molar-refractivity contribution in [3.63, 3.8) is 0 Å². The highest BCUT2D eigenvalue weighted by Crippen LogP contribution is 2.32. The Morgan fingerprint density at radius 2 is 2.19 bits per heavy atom. The van der Waals surface area contributed by atoms with Gasteiger partial charge in [-0.05, 0) is 26.2 Å². The lowest BCUT2D eigenvalue weighted by atomic mass is 10.0. The molecule has 0 saturated carbocycles. The van der Waals surface area contributed by atoms with Gasteiger partial charge in [-0.1, -0.05) is 18.2 Å². The minimum Gasteiger partial charge on any atom is -0.332 e. The summed E-state index contributed by atoms with van der Waals surface area (Å²) in [6.45, 7) is 6.12. The monoisotopic (exact) mass is 220 g/mol. The number of amides is 1. The average Bonchev–Trinajstić information content (AvgIpc) is 2.77. The van der Waals surface area contributed by atoms with Crippen LogP contribution >= 0.6 is 0 Å². The molecule has 3 heteroatoms. The summed E-state index contributed by atoms with van der Waals surface area (Å²) < 4.78 is 0. The maximum absolute atomic E-state index is 12.1. The highest BCUT2D eigenvalue weighted by molar-refractivity contribution is 5.88. The van der Waals surface area contributed by atoms with Crippen molar-refractivity contribution in [2.24, 2.45) is 5.92 Å². The third-order valence-corrected chi connectivity index (χ3v) is 3.58. The van der Waals surface area contributed by atoms with Crippen molar-refractivity contribution in [3.05, 3.63) is 24.3 Å². The van der Waals surface area contributed by atoms with E-state index in [9.17, 15) is 4.79 Å². The Morgan fingerprint density at radius 3 is 2.94 bits per heavy atom. The Kier molecular flexibility index (Phi) is 3.44. The highest BCUT2D eigenvalue weighted by Gasteiger charge is 2.43. The predicted molar refractivity (Wildman–Crippen MR) is 65.0 cm³/mol. The zero-order valence-electron chi connectivity index (χ0n) is 10.0. The average molecular weight is 220 g/mol. The third kappa shape index (κ3) is 2.05. The van der Waals surface area contributed by atoms with Gasteiger partial charge in [-0.2, -0.15) is 0 Å². The fourth-order valence-corrected chi connectivity index (χ4v) is 2.88. The van der Waals surface area contributed by atoms with Gasteiger partial charge in [0.15, 0.2) is 0 Å². The summed E-state index contributed by atoms with van der Waals surface area (Å²) in [7, 11) is 0. The number of hydrogen-bond donors (Lipinski definition) is 1. The van der Waals surface area contributed by atoms with Crippen molar-refractivity contribution in [2.75, 3.05) is 13.1 Å². The minimum atomic E-state index is 0.154. The van der Waals surface area contributed by atoms with Crippen LogP contribution in [0.5, 0.6) is 0 Å². The maximum atomic E-state index is 12.1. The Hall–Kier alpha value is -1.09. The molecule has 0 aliphatic carbocycles. The van der Waals surface area contributed by atoms with E-state index in [1.807, 2.05) is 30.1 Å². The molecule has 3 unspecified atom stereocenters. The van der Waals surface area contributed by atoms with Gasteiger partial charge in [0.1, 0.15) is 0 Å². The van der Waals surface area contributed by atoms with Crippen molar-refractivity contribution in [1.82, 2.24) is 10.2 Å². The number of rotatable bonds is 2. The van der Waals surface area contributed by atoms with E-state index in [1.54, 1.807) is 6.08 Å². The largest absolute Gasteiger partial charge is 0.332 e. The molecule has 0 spiro atoms. The first-order valence-corrected chi connectivity index (χ1v) is 6.06. The molecule has 0 radical (unpaired) electrons.